The molecule has 1 aliphatic heterocycles. The molecular weight excluding hydrogens is 536 g/mol. The number of pyridine rings is 1. The number of carbonyl (C=O) groups is 4. The average Bonchev–Trinajstić information content (AvgIpc) is 2.99. The highest BCUT2D eigenvalue weighted by Gasteiger charge is 2.42. The van der Waals surface area contributed by atoms with E-state index in [1.165, 1.54) is 33.4 Å². The Bertz CT molecular complexity index is 1220. The fourth-order valence-electron chi connectivity index (χ4n) is 4.06. The molecule has 3 rings (SSSR count). The molecule has 1 amide bonds. The molecule has 2 aromatic rings. The van der Waals surface area contributed by atoms with Crippen molar-refractivity contribution in [2.24, 2.45) is 11.8 Å². The second-order valence-corrected chi connectivity index (χ2v) is 9.76. The normalized spacial score (nSPS) is 21.8. The summed E-state index contributed by atoms with van der Waals surface area (Å²) in [5, 5.41) is 2.51. The molecular formula is C29H36N2O10. The zero-order valence-corrected chi connectivity index (χ0v) is 23.9. The highest BCUT2D eigenvalue weighted by Crippen LogP contribution is 2.31. The van der Waals surface area contributed by atoms with Crippen molar-refractivity contribution in [1.29, 1.82) is 0 Å². The fourth-order valence-corrected chi connectivity index (χ4v) is 4.06. The minimum absolute atomic E-state index is 0.00719. The van der Waals surface area contributed by atoms with Gasteiger partial charge in [0.15, 0.2) is 35.6 Å². The quantitative estimate of drug-likeness (QED) is 0.254. The van der Waals surface area contributed by atoms with Gasteiger partial charge in [0.1, 0.15) is 18.6 Å². The molecule has 1 aliphatic rings. The van der Waals surface area contributed by atoms with Gasteiger partial charge in [-0.1, -0.05) is 44.2 Å². The Balaban J connectivity index is 1.89. The van der Waals surface area contributed by atoms with E-state index in [2.05, 4.69) is 10.3 Å². The van der Waals surface area contributed by atoms with Crippen molar-refractivity contribution in [3.05, 3.63) is 53.9 Å². The monoisotopic (exact) mass is 572 g/mol. The molecule has 0 saturated carbocycles. The summed E-state index contributed by atoms with van der Waals surface area (Å²) in [7, 11) is 2.82. The van der Waals surface area contributed by atoms with Crippen LogP contribution >= 0.6 is 0 Å². The summed E-state index contributed by atoms with van der Waals surface area (Å²) in [5.74, 6) is -4.23. The first-order valence-electron chi connectivity index (χ1n) is 13.2. The van der Waals surface area contributed by atoms with E-state index in [1.807, 2.05) is 30.3 Å². The number of nitrogens with one attached hydrogen (secondary N) is 1. The van der Waals surface area contributed by atoms with Gasteiger partial charge in [-0.05, 0) is 25.8 Å². The largest absolute Gasteiger partial charge is 0.493 e. The van der Waals surface area contributed by atoms with Gasteiger partial charge in [-0.3, -0.25) is 14.4 Å². The van der Waals surface area contributed by atoms with Crippen molar-refractivity contribution >= 4 is 23.8 Å². The van der Waals surface area contributed by atoms with E-state index >= 15 is 0 Å². The summed E-state index contributed by atoms with van der Waals surface area (Å²) in [6.45, 7) is 5.91. The first-order valence-corrected chi connectivity index (χ1v) is 13.2. The predicted molar refractivity (Wildman–Crippen MR) is 144 cm³/mol. The molecule has 222 valence electrons. The Morgan fingerprint density at radius 3 is 2.41 bits per heavy atom. The smallest absolute Gasteiger partial charge is 0.332 e. The third-order valence-electron chi connectivity index (χ3n) is 6.39. The van der Waals surface area contributed by atoms with Crippen LogP contribution < -0.4 is 14.8 Å². The van der Waals surface area contributed by atoms with Gasteiger partial charge < -0.3 is 33.7 Å². The Kier molecular flexibility index (Phi) is 11.0. The first-order chi connectivity index (χ1) is 19.5. The Labute approximate surface area is 238 Å². The number of aromatic nitrogens is 1. The summed E-state index contributed by atoms with van der Waals surface area (Å²) in [6.07, 6.45) is -1.42. The topological polar surface area (TPSA) is 149 Å². The predicted octanol–water partition coefficient (Wildman–Crippen LogP) is 2.47. The average molecular weight is 573 g/mol. The Morgan fingerprint density at radius 1 is 1.07 bits per heavy atom. The standard InChI is InChI=1S/C29H36N2O10/c1-16(2)27(33)41-24-17(3)39-29(35)21(15-38-28(34)20(24)14-19-10-8-7-9-11-19)31-26(32)23-25(40-18(4)36-5)22(37-6)12-13-30-23/h7-13,16-18,20-21,24H,14-15H2,1-6H3,(H,31,32)/t17-,18?,20+,21-,24-/m0/s1. The molecule has 1 N–H and O–H groups in total. The van der Waals surface area contributed by atoms with Crippen molar-refractivity contribution in [3.63, 3.8) is 0 Å². The van der Waals surface area contributed by atoms with Crippen molar-refractivity contribution in [2.45, 2.75) is 58.7 Å². The van der Waals surface area contributed by atoms with Gasteiger partial charge in [0.05, 0.1) is 13.0 Å². The molecule has 0 aliphatic carbocycles. The number of benzene rings is 1. The lowest BCUT2D eigenvalue weighted by Gasteiger charge is -2.29. The number of hydrogen-bond acceptors (Lipinski definition) is 11. The van der Waals surface area contributed by atoms with Crippen LogP contribution in [0, 0.1) is 11.8 Å². The lowest BCUT2D eigenvalue weighted by molar-refractivity contribution is -0.176. The van der Waals surface area contributed by atoms with Crippen LogP contribution in [0.4, 0.5) is 0 Å². The van der Waals surface area contributed by atoms with Crippen LogP contribution in [-0.2, 0) is 39.8 Å². The maximum Gasteiger partial charge on any atom is 0.332 e. The van der Waals surface area contributed by atoms with Crippen molar-refractivity contribution in [1.82, 2.24) is 10.3 Å². The van der Waals surface area contributed by atoms with Gasteiger partial charge in [0.25, 0.3) is 5.91 Å². The van der Waals surface area contributed by atoms with Crippen molar-refractivity contribution in [3.8, 4) is 11.5 Å². The number of esters is 3. The third kappa shape index (κ3) is 8.16. The molecule has 0 spiro atoms. The molecule has 41 heavy (non-hydrogen) atoms. The molecule has 0 radical (unpaired) electrons. The third-order valence-corrected chi connectivity index (χ3v) is 6.39. The van der Waals surface area contributed by atoms with E-state index in [0.717, 1.165) is 5.56 Å². The van der Waals surface area contributed by atoms with E-state index in [4.69, 9.17) is 28.4 Å². The summed E-state index contributed by atoms with van der Waals surface area (Å²) in [5.41, 5.74) is 0.607. The lowest BCUT2D eigenvalue weighted by atomic mass is 9.91. The zero-order valence-electron chi connectivity index (χ0n) is 23.9. The zero-order chi connectivity index (χ0) is 30.1. The van der Waals surface area contributed by atoms with Gasteiger partial charge in [-0.25, -0.2) is 9.78 Å². The van der Waals surface area contributed by atoms with E-state index in [0.29, 0.717) is 0 Å². The number of amides is 1. The summed E-state index contributed by atoms with van der Waals surface area (Å²) in [4.78, 5) is 56.5. The van der Waals surface area contributed by atoms with Crippen LogP contribution in [-0.4, -0.2) is 74.2 Å². The maximum atomic E-state index is 13.4. The van der Waals surface area contributed by atoms with Gasteiger partial charge >= 0.3 is 17.9 Å². The van der Waals surface area contributed by atoms with Crippen LogP contribution in [0.15, 0.2) is 42.6 Å². The highest BCUT2D eigenvalue weighted by atomic mass is 16.7. The van der Waals surface area contributed by atoms with Crippen LogP contribution in [0.3, 0.4) is 0 Å². The number of methoxy groups -OCH3 is 2. The fraction of sp³-hybridized carbons (Fsp3) is 0.483. The molecule has 0 bridgehead atoms. The van der Waals surface area contributed by atoms with E-state index < -0.39 is 66.8 Å². The van der Waals surface area contributed by atoms with Gasteiger partial charge in [-0.15, -0.1) is 0 Å². The second kappa shape index (κ2) is 14.4. The maximum absolute atomic E-state index is 13.4. The second-order valence-electron chi connectivity index (χ2n) is 9.76. The molecule has 1 aromatic carbocycles. The number of rotatable bonds is 10. The summed E-state index contributed by atoms with van der Waals surface area (Å²) < 4.78 is 32.9. The Hall–Kier alpha value is -4.19. The molecule has 1 unspecified atom stereocenters. The van der Waals surface area contributed by atoms with E-state index in [1.54, 1.807) is 20.8 Å². The van der Waals surface area contributed by atoms with Gasteiger partial charge in [-0.2, -0.15) is 0 Å². The van der Waals surface area contributed by atoms with E-state index in [9.17, 15) is 19.2 Å². The summed E-state index contributed by atoms with van der Waals surface area (Å²) in [6, 6.07) is 9.22. The minimum Gasteiger partial charge on any atom is -0.493 e. The number of ether oxygens (including phenoxy) is 6. The molecule has 1 aromatic heterocycles. The molecule has 1 saturated heterocycles. The Morgan fingerprint density at radius 2 is 1.78 bits per heavy atom. The van der Waals surface area contributed by atoms with Gasteiger partial charge in [0, 0.05) is 19.4 Å². The van der Waals surface area contributed by atoms with Crippen molar-refractivity contribution in [2.75, 3.05) is 20.8 Å². The lowest BCUT2D eigenvalue weighted by Crippen LogP contribution is -2.47. The molecule has 12 heteroatoms. The molecule has 1 fully saturated rings. The van der Waals surface area contributed by atoms with Crippen LogP contribution in [0.2, 0.25) is 0 Å². The van der Waals surface area contributed by atoms with Crippen LogP contribution in [0.25, 0.3) is 0 Å². The minimum atomic E-state index is -1.40. The number of nitrogens with zero attached hydrogens (tertiary/aromatic N) is 1. The van der Waals surface area contributed by atoms with Crippen molar-refractivity contribution < 1.29 is 47.6 Å². The number of hydrogen-bond donors (Lipinski definition) is 1. The summed E-state index contributed by atoms with van der Waals surface area (Å²) >= 11 is 0. The molecule has 5 atom stereocenters. The molecule has 12 nitrogen and oxygen atoms in total. The van der Waals surface area contributed by atoms with Crippen LogP contribution in [0.5, 0.6) is 11.5 Å². The SMILES string of the molecule is COc1ccnc(C(=O)N[C@H]2COC(=O)[C@H](Cc3ccccc3)[C@@H](OC(=O)C(C)C)[C@H](C)OC2=O)c1OC(C)OC. The highest BCUT2D eigenvalue weighted by molar-refractivity contribution is 5.98. The van der Waals surface area contributed by atoms with E-state index in [-0.39, 0.29) is 23.6 Å². The first kappa shape index (κ1) is 31.3. The van der Waals surface area contributed by atoms with Gasteiger partial charge in [0.2, 0.25) is 0 Å². The number of cyclic esters (lactones) is 2. The number of carbonyl (C=O) groups excluding carboxylic acids is 4. The molecule has 2 heterocycles. The van der Waals surface area contributed by atoms with Crippen LogP contribution in [0.1, 0.15) is 43.7 Å².